The number of benzene rings is 2. The number of carbonyl (C=O) groups excluding carboxylic acids is 3. The molecule has 0 aromatic heterocycles. The molecule has 1 unspecified atom stereocenters. The minimum atomic E-state index is -0.975. The predicted octanol–water partition coefficient (Wildman–Crippen LogP) is 1.70. The Morgan fingerprint density at radius 3 is 2.48 bits per heavy atom. The third kappa shape index (κ3) is 5.70. The quantitative estimate of drug-likeness (QED) is 0.710. The maximum atomic E-state index is 13.3. The molecule has 1 fully saturated rings. The second kappa shape index (κ2) is 10.7. The molecule has 7 nitrogen and oxygen atoms in total. The molecule has 0 radical (unpaired) electrons. The maximum absolute atomic E-state index is 13.3. The van der Waals surface area contributed by atoms with Crippen LogP contribution in [0.5, 0.6) is 0 Å². The lowest BCUT2D eigenvalue weighted by Crippen LogP contribution is -2.63. The largest absolute Gasteiger partial charge is 0.351 e. The van der Waals surface area contributed by atoms with E-state index in [1.54, 1.807) is 12.1 Å². The van der Waals surface area contributed by atoms with Crippen LogP contribution in [0, 0.1) is 6.92 Å². The zero-order valence-electron chi connectivity index (χ0n) is 17.9. The molecule has 1 heterocycles. The molecular weight excluding hydrogens is 392 g/mol. The number of aryl methyl sites for hydroxylation is 2. The van der Waals surface area contributed by atoms with Gasteiger partial charge in [0.25, 0.3) is 11.8 Å². The predicted molar refractivity (Wildman–Crippen MR) is 119 cm³/mol. The summed E-state index contributed by atoms with van der Waals surface area (Å²) in [5.41, 5.74) is 8.07. The molecule has 2 aromatic rings. The Bertz CT molecular complexity index is 916. The first-order chi connectivity index (χ1) is 15.0. The molecule has 0 aliphatic carbocycles. The van der Waals surface area contributed by atoms with E-state index in [0.717, 1.165) is 11.1 Å². The lowest BCUT2D eigenvalue weighted by atomic mass is 10.1. The molecule has 1 saturated heterocycles. The van der Waals surface area contributed by atoms with Crippen molar-refractivity contribution in [3.63, 3.8) is 0 Å². The highest BCUT2D eigenvalue weighted by molar-refractivity contribution is 5.99. The van der Waals surface area contributed by atoms with E-state index < -0.39 is 6.17 Å². The van der Waals surface area contributed by atoms with Crippen LogP contribution in [-0.4, -0.2) is 59.9 Å². The molecule has 3 rings (SSSR count). The van der Waals surface area contributed by atoms with E-state index in [9.17, 15) is 14.4 Å². The van der Waals surface area contributed by atoms with E-state index in [4.69, 9.17) is 5.73 Å². The maximum Gasteiger partial charge on any atom is 0.263 e. The second-order valence-electron chi connectivity index (χ2n) is 7.75. The number of nitrogens with one attached hydrogen (secondary N) is 1. The van der Waals surface area contributed by atoms with Crippen LogP contribution in [0.25, 0.3) is 0 Å². The van der Waals surface area contributed by atoms with Gasteiger partial charge in [-0.3, -0.25) is 14.4 Å². The molecule has 2 aromatic carbocycles. The Morgan fingerprint density at radius 1 is 1.03 bits per heavy atom. The Kier molecular flexibility index (Phi) is 7.78. The summed E-state index contributed by atoms with van der Waals surface area (Å²) in [5, 5.41) is 2.76. The summed E-state index contributed by atoms with van der Waals surface area (Å²) in [7, 11) is 0. The van der Waals surface area contributed by atoms with Gasteiger partial charge in [0.15, 0.2) is 6.17 Å². The Balaban J connectivity index is 1.81. The standard InChI is InChI=1S/C24H30N4O3/c1-18-7-5-10-20(17-18)24(31)28-16-6-15-27(23(28)22(30)26-14-13-25)21(29)12-11-19-8-3-2-4-9-19/h2-5,7-10,17,23H,6,11-16,25H2,1H3,(H,26,30). The fraction of sp³-hybridized carbons (Fsp3) is 0.375. The summed E-state index contributed by atoms with van der Waals surface area (Å²) in [6.45, 7) is 3.33. The molecular formula is C24H30N4O3. The van der Waals surface area contributed by atoms with Crippen molar-refractivity contribution in [2.45, 2.75) is 32.4 Å². The van der Waals surface area contributed by atoms with Crippen molar-refractivity contribution in [3.8, 4) is 0 Å². The molecule has 3 N–H and O–H groups in total. The molecule has 31 heavy (non-hydrogen) atoms. The smallest absolute Gasteiger partial charge is 0.263 e. The van der Waals surface area contributed by atoms with Gasteiger partial charge >= 0.3 is 0 Å². The van der Waals surface area contributed by atoms with Gasteiger partial charge in [0.1, 0.15) is 0 Å². The first kappa shape index (κ1) is 22.5. The van der Waals surface area contributed by atoms with Gasteiger partial charge in [-0.15, -0.1) is 0 Å². The average Bonchev–Trinajstić information content (AvgIpc) is 2.80. The zero-order valence-corrected chi connectivity index (χ0v) is 17.9. The topological polar surface area (TPSA) is 95.7 Å². The van der Waals surface area contributed by atoms with Gasteiger partial charge in [0.05, 0.1) is 0 Å². The van der Waals surface area contributed by atoms with Crippen LogP contribution in [0.3, 0.4) is 0 Å². The number of carbonyl (C=O) groups is 3. The fourth-order valence-electron chi connectivity index (χ4n) is 3.85. The number of hydrogen-bond donors (Lipinski definition) is 2. The second-order valence-corrected chi connectivity index (χ2v) is 7.75. The summed E-state index contributed by atoms with van der Waals surface area (Å²) in [6, 6.07) is 17.0. The SMILES string of the molecule is Cc1cccc(C(=O)N2CCCN(C(=O)CCc3ccccc3)C2C(=O)NCCN)c1. The monoisotopic (exact) mass is 422 g/mol. The van der Waals surface area contributed by atoms with Gasteiger partial charge in [-0.25, -0.2) is 0 Å². The first-order valence-electron chi connectivity index (χ1n) is 10.7. The minimum Gasteiger partial charge on any atom is -0.351 e. The van der Waals surface area contributed by atoms with Gasteiger partial charge in [-0.1, -0.05) is 48.0 Å². The van der Waals surface area contributed by atoms with Crippen molar-refractivity contribution < 1.29 is 14.4 Å². The van der Waals surface area contributed by atoms with Crippen LogP contribution in [0.2, 0.25) is 0 Å². The summed E-state index contributed by atoms with van der Waals surface area (Å²) in [5.74, 6) is -0.769. The van der Waals surface area contributed by atoms with Crippen LogP contribution in [0.15, 0.2) is 54.6 Å². The molecule has 0 saturated carbocycles. The fourth-order valence-corrected chi connectivity index (χ4v) is 3.85. The van der Waals surface area contributed by atoms with Crippen molar-refractivity contribution >= 4 is 17.7 Å². The van der Waals surface area contributed by atoms with Crippen molar-refractivity contribution in [1.29, 1.82) is 0 Å². The number of rotatable bonds is 7. The van der Waals surface area contributed by atoms with Crippen LogP contribution < -0.4 is 11.1 Å². The molecule has 0 spiro atoms. The van der Waals surface area contributed by atoms with Gasteiger partial charge in [0, 0.05) is 38.2 Å². The van der Waals surface area contributed by atoms with E-state index in [2.05, 4.69) is 5.32 Å². The van der Waals surface area contributed by atoms with Gasteiger partial charge in [-0.05, 0) is 37.5 Å². The summed E-state index contributed by atoms with van der Waals surface area (Å²) < 4.78 is 0. The molecule has 1 atom stereocenters. The van der Waals surface area contributed by atoms with Crippen LogP contribution in [0.4, 0.5) is 0 Å². The highest BCUT2D eigenvalue weighted by Crippen LogP contribution is 2.20. The molecule has 1 aliphatic rings. The van der Waals surface area contributed by atoms with Gasteiger partial charge in [0.2, 0.25) is 5.91 Å². The van der Waals surface area contributed by atoms with E-state index in [0.29, 0.717) is 31.5 Å². The van der Waals surface area contributed by atoms with E-state index in [1.165, 1.54) is 9.80 Å². The number of nitrogens with two attached hydrogens (primary N) is 1. The zero-order chi connectivity index (χ0) is 22.2. The summed E-state index contributed by atoms with van der Waals surface area (Å²) >= 11 is 0. The first-order valence-corrected chi connectivity index (χ1v) is 10.7. The third-order valence-electron chi connectivity index (χ3n) is 5.38. The Hall–Kier alpha value is -3.19. The molecule has 1 aliphatic heterocycles. The van der Waals surface area contributed by atoms with Crippen molar-refractivity contribution in [1.82, 2.24) is 15.1 Å². The van der Waals surface area contributed by atoms with Gasteiger partial charge < -0.3 is 20.9 Å². The van der Waals surface area contributed by atoms with E-state index in [1.807, 2.05) is 49.4 Å². The number of nitrogens with zero attached hydrogens (tertiary/aromatic N) is 2. The lowest BCUT2D eigenvalue weighted by molar-refractivity contribution is -0.149. The van der Waals surface area contributed by atoms with Crippen LogP contribution >= 0.6 is 0 Å². The highest BCUT2D eigenvalue weighted by Gasteiger charge is 2.40. The summed E-state index contributed by atoms with van der Waals surface area (Å²) in [4.78, 5) is 42.4. The minimum absolute atomic E-state index is 0.140. The number of hydrogen-bond acceptors (Lipinski definition) is 4. The van der Waals surface area contributed by atoms with E-state index >= 15 is 0 Å². The average molecular weight is 423 g/mol. The van der Waals surface area contributed by atoms with E-state index in [-0.39, 0.29) is 37.2 Å². The normalized spacial score (nSPS) is 16.1. The number of amides is 3. The molecule has 0 bridgehead atoms. The van der Waals surface area contributed by atoms with Crippen LogP contribution in [0.1, 0.15) is 34.3 Å². The van der Waals surface area contributed by atoms with Crippen LogP contribution in [-0.2, 0) is 16.0 Å². The van der Waals surface area contributed by atoms with Crippen molar-refractivity contribution in [2.75, 3.05) is 26.2 Å². The molecule has 3 amide bonds. The lowest BCUT2D eigenvalue weighted by Gasteiger charge is -2.42. The van der Waals surface area contributed by atoms with Crippen molar-refractivity contribution in [2.24, 2.45) is 5.73 Å². The summed E-state index contributed by atoms with van der Waals surface area (Å²) in [6.07, 6.45) is 0.502. The Labute approximate surface area is 183 Å². The Morgan fingerprint density at radius 2 is 1.77 bits per heavy atom. The molecule has 164 valence electrons. The highest BCUT2D eigenvalue weighted by atomic mass is 16.2. The van der Waals surface area contributed by atoms with Gasteiger partial charge in [-0.2, -0.15) is 0 Å². The third-order valence-corrected chi connectivity index (χ3v) is 5.38. The molecule has 7 heteroatoms. The van der Waals surface area contributed by atoms with Crippen molar-refractivity contribution in [3.05, 3.63) is 71.3 Å².